The van der Waals surface area contributed by atoms with Crippen LogP contribution in [0.1, 0.15) is 12.5 Å². The molecule has 0 bridgehead atoms. The maximum absolute atomic E-state index is 12.7. The lowest BCUT2D eigenvalue weighted by atomic mass is 10.2. The Kier molecular flexibility index (Phi) is 8.22. The van der Waals surface area contributed by atoms with E-state index >= 15 is 0 Å². The number of phenols is 1. The highest BCUT2D eigenvalue weighted by Crippen LogP contribution is 2.30. The number of hydrogen-bond donors (Lipinski definition) is 2. The fourth-order valence-electron chi connectivity index (χ4n) is 2.57. The van der Waals surface area contributed by atoms with Gasteiger partial charge in [0.05, 0.1) is 38.5 Å². The molecule has 2 N–H and O–H groups in total. The summed E-state index contributed by atoms with van der Waals surface area (Å²) in [5.41, 5.74) is 2.56. The number of rotatable bonds is 10. The minimum atomic E-state index is -3.96. The fourth-order valence-corrected chi connectivity index (χ4v) is 3.71. The molecule has 31 heavy (non-hydrogen) atoms. The summed E-state index contributed by atoms with van der Waals surface area (Å²) in [6, 6.07) is 8.99. The van der Waals surface area contributed by atoms with Crippen molar-refractivity contribution in [3.05, 3.63) is 42.0 Å². The number of phenolic OH excluding ortho intramolecular Hbond substituents is 1. The van der Waals surface area contributed by atoms with Gasteiger partial charge in [-0.15, -0.1) is 0 Å². The Hall–Kier alpha value is -3.31. The molecule has 1 amide bonds. The Bertz CT molecular complexity index is 1050. The van der Waals surface area contributed by atoms with Gasteiger partial charge in [0.15, 0.2) is 23.0 Å². The molecule has 0 aliphatic carbocycles. The van der Waals surface area contributed by atoms with E-state index in [4.69, 9.17) is 14.2 Å². The average Bonchev–Trinajstić information content (AvgIpc) is 2.75. The first-order chi connectivity index (χ1) is 14.7. The number of likely N-dealkylation sites (N-methyl/N-ethyl adjacent to an activating group) is 1. The van der Waals surface area contributed by atoms with E-state index in [-0.39, 0.29) is 16.4 Å². The molecule has 0 atom stereocenters. The van der Waals surface area contributed by atoms with Crippen molar-refractivity contribution < 1.29 is 32.5 Å². The molecule has 0 radical (unpaired) electrons. The van der Waals surface area contributed by atoms with Gasteiger partial charge in [0.2, 0.25) is 10.0 Å². The lowest BCUT2D eigenvalue weighted by Gasteiger charge is -2.17. The Morgan fingerprint density at radius 3 is 2.52 bits per heavy atom. The number of nitrogens with one attached hydrogen (secondary N) is 1. The number of ether oxygens (including phenoxy) is 3. The summed E-state index contributed by atoms with van der Waals surface area (Å²) >= 11 is 0. The van der Waals surface area contributed by atoms with Gasteiger partial charge in [-0.3, -0.25) is 4.79 Å². The minimum Gasteiger partial charge on any atom is -0.504 e. The second kappa shape index (κ2) is 10.6. The van der Waals surface area contributed by atoms with Crippen molar-refractivity contribution in [3.63, 3.8) is 0 Å². The monoisotopic (exact) mass is 451 g/mol. The van der Waals surface area contributed by atoms with Gasteiger partial charge in [-0.2, -0.15) is 9.41 Å². The molecule has 0 aliphatic heterocycles. The largest absolute Gasteiger partial charge is 0.504 e. The number of hydrazone groups is 1. The highest BCUT2D eigenvalue weighted by Gasteiger charge is 2.24. The van der Waals surface area contributed by atoms with Crippen molar-refractivity contribution in [1.29, 1.82) is 0 Å². The van der Waals surface area contributed by atoms with Crippen molar-refractivity contribution in [2.75, 3.05) is 34.4 Å². The normalized spacial score (nSPS) is 11.5. The summed E-state index contributed by atoms with van der Waals surface area (Å²) in [5.74, 6) is 0.144. The number of aromatic hydroxyl groups is 1. The van der Waals surface area contributed by atoms with Crippen molar-refractivity contribution in [3.8, 4) is 23.0 Å². The molecule has 0 aliphatic rings. The summed E-state index contributed by atoms with van der Waals surface area (Å²) in [4.78, 5) is 12.1. The van der Waals surface area contributed by atoms with Gasteiger partial charge >= 0.3 is 0 Å². The molecule has 0 aromatic heterocycles. The third-order valence-electron chi connectivity index (χ3n) is 4.15. The first-order valence-corrected chi connectivity index (χ1v) is 10.6. The molecule has 2 aromatic carbocycles. The molecule has 10 nitrogen and oxygen atoms in total. The fraction of sp³-hybridized carbons (Fsp3) is 0.300. The third kappa shape index (κ3) is 5.86. The SMILES string of the molecule is CCOc1cccc(/C=N\NC(=O)CN(C)S(=O)(=O)c2ccc(OC)c(OC)c2)c1O. The number of methoxy groups -OCH3 is 2. The number of amides is 1. The van der Waals surface area contributed by atoms with Gasteiger partial charge in [0.25, 0.3) is 5.91 Å². The highest BCUT2D eigenvalue weighted by atomic mass is 32.2. The Morgan fingerprint density at radius 2 is 1.87 bits per heavy atom. The van der Waals surface area contributed by atoms with Gasteiger partial charge in [0.1, 0.15) is 0 Å². The van der Waals surface area contributed by atoms with E-state index in [2.05, 4.69) is 10.5 Å². The predicted molar refractivity (Wildman–Crippen MR) is 114 cm³/mol. The van der Waals surface area contributed by atoms with E-state index in [0.29, 0.717) is 23.7 Å². The predicted octanol–water partition coefficient (Wildman–Crippen LogP) is 1.58. The van der Waals surface area contributed by atoms with E-state index in [1.54, 1.807) is 25.1 Å². The molecule has 0 fully saturated rings. The summed E-state index contributed by atoms with van der Waals surface area (Å²) in [7, 11) is 0.146. The molecule has 0 unspecified atom stereocenters. The maximum Gasteiger partial charge on any atom is 0.255 e. The zero-order chi connectivity index (χ0) is 23.0. The number of sulfonamides is 1. The van der Waals surface area contributed by atoms with Crippen LogP contribution in [0.2, 0.25) is 0 Å². The van der Waals surface area contributed by atoms with E-state index in [1.807, 2.05) is 0 Å². The van der Waals surface area contributed by atoms with Crippen LogP contribution < -0.4 is 19.6 Å². The average molecular weight is 452 g/mol. The van der Waals surface area contributed by atoms with Crippen LogP contribution in [0, 0.1) is 0 Å². The van der Waals surface area contributed by atoms with Crippen LogP contribution in [0.4, 0.5) is 0 Å². The molecule has 11 heteroatoms. The maximum atomic E-state index is 12.7. The van der Waals surface area contributed by atoms with Gasteiger partial charge in [-0.1, -0.05) is 6.07 Å². The number of carbonyl (C=O) groups excluding carboxylic acids is 1. The lowest BCUT2D eigenvalue weighted by molar-refractivity contribution is -0.121. The summed E-state index contributed by atoms with van der Waals surface area (Å²) in [5, 5.41) is 13.9. The van der Waals surface area contributed by atoms with E-state index in [1.165, 1.54) is 45.7 Å². The number of nitrogens with zero attached hydrogens (tertiary/aromatic N) is 2. The second-order valence-electron chi connectivity index (χ2n) is 6.20. The number of para-hydroxylation sites is 1. The first kappa shape index (κ1) is 24.0. The molecule has 0 spiro atoms. The van der Waals surface area contributed by atoms with Crippen LogP contribution in [0.25, 0.3) is 0 Å². The van der Waals surface area contributed by atoms with E-state index in [9.17, 15) is 18.3 Å². The van der Waals surface area contributed by atoms with Crippen LogP contribution >= 0.6 is 0 Å². The molecular formula is C20H25N3O7S. The molecule has 2 aromatic rings. The zero-order valence-electron chi connectivity index (χ0n) is 17.7. The summed E-state index contributed by atoms with van der Waals surface area (Å²) in [6.45, 7) is 1.69. The molecule has 0 saturated carbocycles. The summed E-state index contributed by atoms with van der Waals surface area (Å²) in [6.07, 6.45) is 1.23. The second-order valence-corrected chi connectivity index (χ2v) is 8.24. The van der Waals surface area contributed by atoms with E-state index in [0.717, 1.165) is 4.31 Å². The smallest absolute Gasteiger partial charge is 0.255 e. The van der Waals surface area contributed by atoms with E-state index < -0.39 is 22.5 Å². The van der Waals surface area contributed by atoms with Crippen molar-refractivity contribution in [2.45, 2.75) is 11.8 Å². The lowest BCUT2D eigenvalue weighted by Crippen LogP contribution is -2.36. The molecule has 0 saturated heterocycles. The number of carbonyl (C=O) groups is 1. The number of hydrogen-bond acceptors (Lipinski definition) is 8. The van der Waals surface area contributed by atoms with Crippen LogP contribution in [0.5, 0.6) is 23.0 Å². The molecular weight excluding hydrogens is 426 g/mol. The zero-order valence-corrected chi connectivity index (χ0v) is 18.5. The molecule has 0 heterocycles. The van der Waals surface area contributed by atoms with Gasteiger partial charge in [-0.25, -0.2) is 13.8 Å². The van der Waals surface area contributed by atoms with Crippen LogP contribution in [-0.4, -0.2) is 64.4 Å². The third-order valence-corrected chi connectivity index (χ3v) is 5.95. The van der Waals surface area contributed by atoms with Crippen LogP contribution in [0.3, 0.4) is 0 Å². The number of benzene rings is 2. The van der Waals surface area contributed by atoms with Crippen LogP contribution in [0.15, 0.2) is 46.4 Å². The van der Waals surface area contributed by atoms with Crippen molar-refractivity contribution in [2.24, 2.45) is 5.10 Å². The molecule has 2 rings (SSSR count). The topological polar surface area (TPSA) is 127 Å². The Morgan fingerprint density at radius 1 is 1.16 bits per heavy atom. The van der Waals surface area contributed by atoms with Gasteiger partial charge < -0.3 is 19.3 Å². The molecule has 168 valence electrons. The standard InChI is InChI=1S/C20H25N3O7S/c1-5-30-17-8-6-7-14(20(17)25)12-21-22-19(24)13-23(2)31(26,27)15-9-10-16(28-3)18(11-15)29-4/h6-12,25H,5,13H2,1-4H3,(H,22,24)/b21-12-. The minimum absolute atomic E-state index is 0.0541. The summed E-state index contributed by atoms with van der Waals surface area (Å²) < 4.78 is 41.9. The van der Waals surface area contributed by atoms with Gasteiger partial charge in [-0.05, 0) is 31.2 Å². The Balaban J connectivity index is 2.05. The van der Waals surface area contributed by atoms with Crippen molar-refractivity contribution in [1.82, 2.24) is 9.73 Å². The van der Waals surface area contributed by atoms with Crippen molar-refractivity contribution >= 4 is 22.1 Å². The Labute approximate surface area is 181 Å². The quantitative estimate of drug-likeness (QED) is 0.415. The van der Waals surface area contributed by atoms with Gasteiger partial charge in [0, 0.05) is 18.7 Å². The van der Waals surface area contributed by atoms with Crippen LogP contribution in [-0.2, 0) is 14.8 Å². The highest BCUT2D eigenvalue weighted by molar-refractivity contribution is 7.89. The first-order valence-electron chi connectivity index (χ1n) is 9.19.